The van der Waals surface area contributed by atoms with Gasteiger partial charge in [0.1, 0.15) is 12.0 Å². The number of alkyl halides is 29. The van der Waals surface area contributed by atoms with E-state index in [0.717, 1.165) is 0 Å². The molecule has 0 bridgehead atoms. The maximum atomic E-state index is 13.0. The van der Waals surface area contributed by atoms with Gasteiger partial charge in [-0.1, -0.05) is 0 Å². The minimum Gasteiger partial charge on any atom is -0.215 e. The van der Waals surface area contributed by atoms with Gasteiger partial charge in [-0.05, 0) is 13.8 Å². The zero-order valence-corrected chi connectivity index (χ0v) is 21.5. The van der Waals surface area contributed by atoms with E-state index in [1.54, 1.807) is 0 Å². The average Bonchev–Trinajstić information content (AvgIpc) is 2.70. The van der Waals surface area contributed by atoms with E-state index in [9.17, 15) is 132 Å². The van der Waals surface area contributed by atoms with E-state index in [1.165, 1.54) is 0 Å². The van der Waals surface area contributed by atoms with Crippen LogP contribution in [0.4, 0.5) is 132 Å². The molecule has 0 fully saturated rings. The summed E-state index contributed by atoms with van der Waals surface area (Å²) in [5.74, 6) is -17.0. The first-order valence-electron chi connectivity index (χ1n) is 10.1. The van der Waals surface area contributed by atoms with E-state index >= 15 is 0 Å². The average molecular weight is 794 g/mol. The van der Waals surface area contributed by atoms with Crippen LogP contribution in [0.2, 0.25) is 0 Å². The van der Waals surface area contributed by atoms with Crippen molar-refractivity contribution in [2.45, 2.75) is 87.2 Å². The van der Waals surface area contributed by atoms with Crippen LogP contribution in [0.1, 0.15) is 20.3 Å². The normalized spacial score (nSPS) is 15.5. The Labute approximate surface area is 243 Å². The Bertz CT molecular complexity index is 1050. The van der Waals surface area contributed by atoms with E-state index in [4.69, 9.17) is 0 Å². The number of hydrogen-bond acceptors (Lipinski definition) is 0. The van der Waals surface area contributed by atoms with Crippen LogP contribution in [0, 0.1) is 0 Å². The van der Waals surface area contributed by atoms with Gasteiger partial charge in [0, 0.05) is 11.1 Å². The smallest absolute Gasteiger partial charge is 0.215 e. The van der Waals surface area contributed by atoms with Gasteiger partial charge >= 0.3 is 66.9 Å². The Balaban J connectivity index is -0.000000681. The van der Waals surface area contributed by atoms with Gasteiger partial charge in [0.25, 0.3) is 0 Å². The molecule has 0 amide bonds. The van der Waals surface area contributed by atoms with Crippen LogP contribution < -0.4 is 0 Å². The molecular weight excluding hydrogens is 786 g/mol. The minimum absolute atomic E-state index is 0.566. The molecule has 0 aliphatic carbocycles. The first-order valence-corrected chi connectivity index (χ1v) is 10.1. The third kappa shape index (κ3) is 13.0. The summed E-state index contributed by atoms with van der Waals surface area (Å²) in [6.45, 7) is -1.29. The molecule has 0 aromatic rings. The molecule has 290 valence electrons. The van der Waals surface area contributed by atoms with Crippen molar-refractivity contribution in [3.05, 3.63) is 22.5 Å². The highest BCUT2D eigenvalue weighted by atomic mass is 19.5. The number of allylic oxidation sites excluding steroid dienone is 4. The Morgan fingerprint density at radius 2 is 0.583 bits per heavy atom. The van der Waals surface area contributed by atoms with Crippen molar-refractivity contribution in [3.8, 4) is 0 Å². The van der Waals surface area contributed by atoms with E-state index in [2.05, 4.69) is 0 Å². The summed E-state index contributed by atoms with van der Waals surface area (Å²) in [6.07, 6.45) is -53.3. The fourth-order valence-corrected chi connectivity index (χ4v) is 2.20. The van der Waals surface area contributed by atoms with Crippen LogP contribution in [0.15, 0.2) is 22.5 Å². The van der Waals surface area contributed by atoms with Crippen molar-refractivity contribution in [1.29, 1.82) is 0 Å². The maximum absolute atomic E-state index is 13.0. The van der Waals surface area contributed by atoms with Gasteiger partial charge in [-0.3, -0.25) is 0 Å². The zero-order chi connectivity index (χ0) is 40.5. The lowest BCUT2D eigenvalue weighted by Gasteiger charge is -2.31. The Morgan fingerprint density at radius 1 is 0.354 bits per heavy atom. The summed E-state index contributed by atoms with van der Waals surface area (Å²) in [4.78, 5) is 0. The second-order valence-corrected chi connectivity index (χ2v) is 8.14. The SMILES string of the molecule is C/C(=C(\F)C(F)(C(F)(F)F)C(F)(F)F)C(F)(F)C(F)(F)F.CC(=C(C(F)(F)F)C(F)(F)F)C(F)(F)C(F)(F)F.FC(F)(F)CC(F)(F)F. The van der Waals surface area contributed by atoms with Crippen molar-refractivity contribution in [2.24, 2.45) is 0 Å². The summed E-state index contributed by atoms with van der Waals surface area (Å²) >= 11 is 0. The Kier molecular flexibility index (Phi) is 14.8. The molecule has 0 aliphatic rings. The topological polar surface area (TPSA) is 0 Å². The van der Waals surface area contributed by atoms with Gasteiger partial charge in [-0.25, -0.2) is 8.78 Å². The predicted molar refractivity (Wildman–Crippen MR) is 93.3 cm³/mol. The first-order chi connectivity index (χ1) is 20.0. The van der Waals surface area contributed by atoms with Gasteiger partial charge in [0.2, 0.25) is 0 Å². The second kappa shape index (κ2) is 14.3. The van der Waals surface area contributed by atoms with Crippen LogP contribution in [-0.2, 0) is 0 Å². The van der Waals surface area contributed by atoms with Crippen molar-refractivity contribution in [2.75, 3.05) is 0 Å². The highest BCUT2D eigenvalue weighted by Gasteiger charge is 2.77. The third-order valence-corrected chi connectivity index (χ3v) is 4.41. The molecule has 0 heterocycles. The molecule has 30 heteroatoms. The fraction of sp³-hybridized carbons (Fsp3) is 0.778. The molecule has 0 saturated carbocycles. The lowest BCUT2D eigenvalue weighted by molar-refractivity contribution is -0.333. The van der Waals surface area contributed by atoms with E-state index in [0.29, 0.717) is 0 Å². The summed E-state index contributed by atoms with van der Waals surface area (Å²) < 4.78 is 355. The lowest BCUT2D eigenvalue weighted by Crippen LogP contribution is -2.55. The van der Waals surface area contributed by atoms with Crippen molar-refractivity contribution in [1.82, 2.24) is 0 Å². The van der Waals surface area contributed by atoms with Crippen LogP contribution in [0.5, 0.6) is 0 Å². The van der Waals surface area contributed by atoms with Crippen LogP contribution in [0.25, 0.3) is 0 Å². The Morgan fingerprint density at radius 3 is 0.729 bits per heavy atom. The molecule has 0 atom stereocenters. The summed E-state index contributed by atoms with van der Waals surface area (Å²) in [6, 6.07) is 0. The first kappa shape index (κ1) is 49.8. The highest BCUT2D eigenvalue weighted by molar-refractivity contribution is 5.29. The molecule has 0 radical (unpaired) electrons. The standard InChI is InChI=1S/C8H3F13.C7H3F11.C3H2F6/c1-2(5(11,12)8(19,20)21)3(9)4(10,6(13,14)15)7(16,17)18;1-2(4(8,9)7(16,17)18)3(5(10,11)12)6(13,14)15;4-2(5,6)1-3(7,8)9/h1H3;1H3;1H2/b3-2+;;. The fourth-order valence-electron chi connectivity index (χ4n) is 2.20. The Hall–Kier alpha value is -2.62. The molecule has 0 N–H and O–H groups in total. The second-order valence-electron chi connectivity index (χ2n) is 8.14. The molecule has 48 heavy (non-hydrogen) atoms. The van der Waals surface area contributed by atoms with E-state index in [-0.39, 0.29) is 0 Å². The summed E-state index contributed by atoms with van der Waals surface area (Å²) in [5.41, 5.74) is -17.4. The van der Waals surface area contributed by atoms with E-state index < -0.39 is 110 Å². The lowest BCUT2D eigenvalue weighted by atomic mass is 9.96. The van der Waals surface area contributed by atoms with Gasteiger partial charge in [-0.15, -0.1) is 0 Å². The molecule has 0 aromatic heterocycles. The molecule has 0 rings (SSSR count). The number of halogens is 30. The monoisotopic (exact) mass is 794 g/mol. The third-order valence-electron chi connectivity index (χ3n) is 4.41. The van der Waals surface area contributed by atoms with Gasteiger partial charge in [0.05, 0.1) is 0 Å². The number of rotatable bonds is 3. The van der Waals surface area contributed by atoms with Gasteiger partial charge in [0.15, 0.2) is 5.83 Å². The minimum atomic E-state index is -7.14. The summed E-state index contributed by atoms with van der Waals surface area (Å²) in [5, 5.41) is 0. The summed E-state index contributed by atoms with van der Waals surface area (Å²) in [7, 11) is 0. The van der Waals surface area contributed by atoms with Crippen LogP contribution in [-0.4, -0.2) is 66.9 Å². The molecular formula is C18H8F30. The molecule has 0 aromatic carbocycles. The molecule has 0 nitrogen and oxygen atoms in total. The molecule has 0 spiro atoms. The largest absolute Gasteiger partial charge is 0.457 e. The maximum Gasteiger partial charge on any atom is 0.457 e. The van der Waals surface area contributed by atoms with E-state index in [1.807, 2.05) is 0 Å². The molecule has 0 aliphatic heterocycles. The number of hydrogen-bond donors (Lipinski definition) is 0. The van der Waals surface area contributed by atoms with Crippen molar-refractivity contribution < 1.29 is 132 Å². The van der Waals surface area contributed by atoms with Gasteiger partial charge in [-0.2, -0.15) is 123 Å². The quantitative estimate of drug-likeness (QED) is 0.197. The predicted octanol–water partition coefficient (Wildman–Crippen LogP) is 12.4. The van der Waals surface area contributed by atoms with Crippen LogP contribution in [0.3, 0.4) is 0 Å². The van der Waals surface area contributed by atoms with Crippen molar-refractivity contribution in [3.63, 3.8) is 0 Å². The zero-order valence-electron chi connectivity index (χ0n) is 21.5. The molecule has 0 unspecified atom stereocenters. The van der Waals surface area contributed by atoms with Crippen LogP contribution >= 0.6 is 0 Å². The van der Waals surface area contributed by atoms with Crippen molar-refractivity contribution >= 4 is 0 Å². The highest BCUT2D eigenvalue weighted by Crippen LogP contribution is 2.54. The van der Waals surface area contributed by atoms with Gasteiger partial charge < -0.3 is 0 Å². The molecule has 0 saturated heterocycles.